The lowest BCUT2D eigenvalue weighted by molar-refractivity contribution is 0.424. The molecule has 1 rings (SSSR count). The first-order valence-corrected chi connectivity index (χ1v) is 3.70. The van der Waals surface area contributed by atoms with Gasteiger partial charge in [0.05, 0.1) is 0 Å². The van der Waals surface area contributed by atoms with E-state index in [9.17, 15) is 13.2 Å². The smallest absolute Gasteiger partial charge is 0.424 e. The van der Waals surface area contributed by atoms with Crippen molar-refractivity contribution in [3.8, 4) is 0 Å². The van der Waals surface area contributed by atoms with E-state index in [2.05, 4.69) is 0 Å². The molecule has 14 heavy (non-hydrogen) atoms. The Balaban J connectivity index is 3.06. The average molecular weight is 202 g/mol. The van der Waals surface area contributed by atoms with Crippen molar-refractivity contribution < 1.29 is 23.2 Å². The lowest BCUT2D eigenvalue weighted by Crippen LogP contribution is -2.05. The third kappa shape index (κ3) is 2.37. The summed E-state index contributed by atoms with van der Waals surface area (Å²) in [6, 6.07) is 1.74. The highest BCUT2D eigenvalue weighted by Crippen LogP contribution is 2.16. The second kappa shape index (κ2) is 4.30. The summed E-state index contributed by atoms with van der Waals surface area (Å²) in [5, 5.41) is 16.8. The van der Waals surface area contributed by atoms with Crippen LogP contribution in [0.4, 0.5) is 13.2 Å². The Hall–Kier alpha value is -1.27. The quantitative estimate of drug-likeness (QED) is 0.557. The van der Waals surface area contributed by atoms with E-state index in [0.29, 0.717) is 0 Å². The van der Waals surface area contributed by atoms with E-state index in [-0.39, 0.29) is 5.56 Å². The second-order valence-corrected chi connectivity index (χ2v) is 2.54. The maximum absolute atomic E-state index is 12.9. The number of hydrogen-bond donors (Lipinski definition) is 2. The van der Waals surface area contributed by atoms with Gasteiger partial charge >= 0.3 is 7.12 Å². The molecule has 0 radical (unpaired) electrons. The molecule has 0 unspecified atom stereocenters. The van der Waals surface area contributed by atoms with Gasteiger partial charge in [-0.2, -0.15) is 0 Å². The van der Waals surface area contributed by atoms with E-state index in [0.717, 1.165) is 24.2 Å². The molecule has 6 heteroatoms. The van der Waals surface area contributed by atoms with Gasteiger partial charge in [-0.3, -0.25) is 0 Å². The Bertz CT molecular complexity index is 366. The van der Waals surface area contributed by atoms with Crippen LogP contribution < -0.4 is 0 Å². The topological polar surface area (TPSA) is 40.5 Å². The highest BCUT2D eigenvalue weighted by atomic mass is 19.2. The number of benzene rings is 1. The summed E-state index contributed by atoms with van der Waals surface area (Å²) in [5.74, 6) is -3.40. The van der Waals surface area contributed by atoms with E-state index >= 15 is 0 Å². The molecular formula is C8H6BF3O2. The van der Waals surface area contributed by atoms with Gasteiger partial charge in [0.2, 0.25) is 0 Å². The van der Waals surface area contributed by atoms with Gasteiger partial charge < -0.3 is 10.0 Å². The van der Waals surface area contributed by atoms with Crippen LogP contribution in [-0.2, 0) is 0 Å². The summed E-state index contributed by atoms with van der Waals surface area (Å²) in [7, 11) is -1.76. The van der Waals surface area contributed by atoms with Crippen LogP contribution in [0.1, 0.15) is 5.56 Å². The minimum atomic E-state index is -1.76. The standard InChI is InChI=1S/C8H6BF3O2/c10-6-2-1-5(3-4-9(13)14)7(11)8(6)12/h1-4,13-14H/b4-3+. The maximum Gasteiger partial charge on any atom is 0.480 e. The summed E-state index contributed by atoms with van der Waals surface area (Å²) in [5.41, 5.74) is -0.253. The number of halogens is 3. The summed E-state index contributed by atoms with van der Waals surface area (Å²) in [6.07, 6.45) is 0.947. The van der Waals surface area contributed by atoms with Crippen LogP contribution in [0.3, 0.4) is 0 Å². The van der Waals surface area contributed by atoms with E-state index < -0.39 is 24.6 Å². The van der Waals surface area contributed by atoms with E-state index in [1.165, 1.54) is 0 Å². The first kappa shape index (κ1) is 10.8. The molecule has 0 saturated heterocycles. The zero-order valence-corrected chi connectivity index (χ0v) is 6.92. The molecule has 0 aromatic heterocycles. The van der Waals surface area contributed by atoms with Crippen molar-refractivity contribution in [3.05, 3.63) is 41.1 Å². The highest BCUT2D eigenvalue weighted by Gasteiger charge is 2.11. The first-order valence-electron chi connectivity index (χ1n) is 3.70. The fourth-order valence-electron chi connectivity index (χ4n) is 0.859. The zero-order valence-electron chi connectivity index (χ0n) is 6.92. The van der Waals surface area contributed by atoms with Crippen molar-refractivity contribution in [2.24, 2.45) is 0 Å². The lowest BCUT2D eigenvalue weighted by Gasteiger charge is -1.98. The monoisotopic (exact) mass is 202 g/mol. The Morgan fingerprint density at radius 2 is 1.71 bits per heavy atom. The second-order valence-electron chi connectivity index (χ2n) is 2.54. The van der Waals surface area contributed by atoms with Gasteiger partial charge in [0.15, 0.2) is 17.5 Å². The third-order valence-corrected chi connectivity index (χ3v) is 1.51. The van der Waals surface area contributed by atoms with Crippen LogP contribution in [0.5, 0.6) is 0 Å². The molecule has 0 saturated carbocycles. The predicted octanol–water partition coefficient (Wildman–Crippen LogP) is 1.13. The van der Waals surface area contributed by atoms with Gasteiger partial charge in [0.25, 0.3) is 0 Å². The minimum Gasteiger partial charge on any atom is -0.424 e. The molecule has 0 amide bonds. The highest BCUT2D eigenvalue weighted by molar-refractivity contribution is 6.48. The normalized spacial score (nSPS) is 10.9. The van der Waals surface area contributed by atoms with E-state index in [1.54, 1.807) is 0 Å². The van der Waals surface area contributed by atoms with Gasteiger partial charge in [0.1, 0.15) is 0 Å². The molecule has 0 fully saturated rings. The molecule has 0 aliphatic heterocycles. The Morgan fingerprint density at radius 1 is 1.07 bits per heavy atom. The molecule has 0 atom stereocenters. The van der Waals surface area contributed by atoms with Crippen LogP contribution in [-0.4, -0.2) is 17.2 Å². The van der Waals surface area contributed by atoms with Crippen molar-refractivity contribution in [1.82, 2.24) is 0 Å². The molecule has 0 aliphatic rings. The van der Waals surface area contributed by atoms with Gasteiger partial charge in [-0.1, -0.05) is 12.1 Å². The van der Waals surface area contributed by atoms with Gasteiger partial charge in [-0.15, -0.1) is 0 Å². The van der Waals surface area contributed by atoms with Gasteiger partial charge in [-0.25, -0.2) is 13.2 Å². The van der Waals surface area contributed by atoms with Crippen LogP contribution in [0, 0.1) is 17.5 Å². The van der Waals surface area contributed by atoms with Crippen molar-refractivity contribution in [2.75, 3.05) is 0 Å². The van der Waals surface area contributed by atoms with Crippen molar-refractivity contribution in [3.63, 3.8) is 0 Å². The third-order valence-electron chi connectivity index (χ3n) is 1.51. The SMILES string of the molecule is OB(O)/C=C/c1ccc(F)c(F)c1F. The average Bonchev–Trinajstić information content (AvgIpc) is 2.13. The number of rotatable bonds is 2. The molecule has 0 bridgehead atoms. The Kier molecular flexibility index (Phi) is 3.32. The molecule has 2 nitrogen and oxygen atoms in total. The first-order chi connectivity index (χ1) is 6.52. The molecule has 2 N–H and O–H groups in total. The molecule has 1 aromatic rings. The molecule has 0 spiro atoms. The van der Waals surface area contributed by atoms with Crippen molar-refractivity contribution in [1.29, 1.82) is 0 Å². The molecule has 0 heterocycles. The van der Waals surface area contributed by atoms with Crippen LogP contribution in [0.15, 0.2) is 18.1 Å². The molecule has 74 valence electrons. The largest absolute Gasteiger partial charge is 0.480 e. The summed E-state index contributed by atoms with van der Waals surface area (Å²) < 4.78 is 37.9. The molecular weight excluding hydrogens is 196 g/mol. The summed E-state index contributed by atoms with van der Waals surface area (Å²) >= 11 is 0. The number of hydrogen-bond acceptors (Lipinski definition) is 2. The summed E-state index contributed by atoms with van der Waals surface area (Å²) in [4.78, 5) is 0. The summed E-state index contributed by atoms with van der Waals surface area (Å²) in [6.45, 7) is 0. The minimum absolute atomic E-state index is 0.253. The zero-order chi connectivity index (χ0) is 10.7. The van der Waals surface area contributed by atoms with Crippen molar-refractivity contribution in [2.45, 2.75) is 0 Å². The Morgan fingerprint density at radius 3 is 2.29 bits per heavy atom. The Labute approximate surface area is 78.4 Å². The van der Waals surface area contributed by atoms with Gasteiger partial charge in [-0.05, 0) is 12.1 Å². The lowest BCUT2D eigenvalue weighted by atomic mass is 9.90. The van der Waals surface area contributed by atoms with E-state index in [4.69, 9.17) is 10.0 Å². The van der Waals surface area contributed by atoms with Crippen LogP contribution in [0.25, 0.3) is 6.08 Å². The fourth-order valence-corrected chi connectivity index (χ4v) is 0.859. The van der Waals surface area contributed by atoms with E-state index in [1.807, 2.05) is 0 Å². The maximum atomic E-state index is 12.9. The molecule has 1 aromatic carbocycles. The van der Waals surface area contributed by atoms with Gasteiger partial charge in [0, 0.05) is 5.56 Å². The fraction of sp³-hybridized carbons (Fsp3) is 0. The predicted molar refractivity (Wildman–Crippen MR) is 45.5 cm³/mol. The molecule has 0 aliphatic carbocycles. The van der Waals surface area contributed by atoms with Crippen LogP contribution >= 0.6 is 0 Å². The van der Waals surface area contributed by atoms with Crippen molar-refractivity contribution >= 4 is 13.2 Å². The van der Waals surface area contributed by atoms with Crippen LogP contribution in [0.2, 0.25) is 0 Å².